The highest BCUT2D eigenvalue weighted by atomic mass is 15.1. The summed E-state index contributed by atoms with van der Waals surface area (Å²) in [5, 5.41) is 3.42. The summed E-state index contributed by atoms with van der Waals surface area (Å²) in [4.78, 5) is 2.23. The van der Waals surface area contributed by atoms with E-state index < -0.39 is 0 Å². The average molecular weight is 266 g/mol. The summed E-state index contributed by atoms with van der Waals surface area (Å²) in [6.45, 7) is 1.02. The van der Waals surface area contributed by atoms with Gasteiger partial charge in [0.1, 0.15) is 0 Å². The lowest BCUT2D eigenvalue weighted by Crippen LogP contribution is -2.28. The van der Waals surface area contributed by atoms with Gasteiger partial charge >= 0.3 is 0 Å². The van der Waals surface area contributed by atoms with Gasteiger partial charge in [-0.05, 0) is 55.4 Å². The predicted octanol–water partition coefficient (Wildman–Crippen LogP) is 3.08. The van der Waals surface area contributed by atoms with Crippen LogP contribution in [-0.2, 0) is 6.42 Å². The van der Waals surface area contributed by atoms with Crippen molar-refractivity contribution in [1.82, 2.24) is 10.2 Å². The lowest BCUT2D eigenvalue weighted by molar-refractivity contribution is 0.352. The Morgan fingerprint density at radius 2 is 1.80 bits per heavy atom. The highest BCUT2D eigenvalue weighted by molar-refractivity contribution is 5.77. The van der Waals surface area contributed by atoms with Crippen molar-refractivity contribution in [1.29, 1.82) is 0 Å². The van der Waals surface area contributed by atoms with Gasteiger partial charge in [-0.1, -0.05) is 42.5 Å². The Labute approximate surface area is 121 Å². The molecule has 0 aromatic heterocycles. The Hall–Kier alpha value is -1.64. The minimum Gasteiger partial charge on any atom is -0.312 e. The first-order chi connectivity index (χ1) is 9.69. The van der Waals surface area contributed by atoms with Crippen molar-refractivity contribution in [2.24, 2.45) is 0 Å². The van der Waals surface area contributed by atoms with Crippen LogP contribution in [-0.4, -0.2) is 32.6 Å². The van der Waals surface area contributed by atoms with E-state index in [1.165, 1.54) is 27.8 Å². The molecule has 1 unspecified atom stereocenters. The molecule has 1 aliphatic carbocycles. The van der Waals surface area contributed by atoms with E-state index in [0.29, 0.717) is 6.04 Å². The number of fused-ring (bicyclic) bond motifs is 3. The minimum atomic E-state index is 0.388. The van der Waals surface area contributed by atoms with Gasteiger partial charge in [-0.3, -0.25) is 0 Å². The number of benzene rings is 2. The molecule has 0 saturated carbocycles. The van der Waals surface area contributed by atoms with Gasteiger partial charge in [-0.2, -0.15) is 0 Å². The van der Waals surface area contributed by atoms with E-state index in [0.717, 1.165) is 13.0 Å². The van der Waals surface area contributed by atoms with Crippen molar-refractivity contribution in [3.63, 3.8) is 0 Å². The second-order valence-electron chi connectivity index (χ2n) is 5.85. The van der Waals surface area contributed by atoms with E-state index in [9.17, 15) is 0 Å². The Morgan fingerprint density at radius 1 is 1.05 bits per heavy atom. The maximum atomic E-state index is 3.42. The van der Waals surface area contributed by atoms with Crippen molar-refractivity contribution < 1.29 is 0 Å². The van der Waals surface area contributed by atoms with Gasteiger partial charge in [-0.25, -0.2) is 0 Å². The molecule has 1 atom stereocenters. The second kappa shape index (κ2) is 5.39. The van der Waals surface area contributed by atoms with Crippen LogP contribution in [0.15, 0.2) is 42.5 Å². The summed E-state index contributed by atoms with van der Waals surface area (Å²) in [6.07, 6.45) is 1.07. The van der Waals surface area contributed by atoms with E-state index in [1.807, 2.05) is 7.05 Å². The number of likely N-dealkylation sites (N-methyl/N-ethyl adjacent to an activating group) is 2. The smallest absolute Gasteiger partial charge is 0.0446 e. The van der Waals surface area contributed by atoms with Crippen molar-refractivity contribution in [2.75, 3.05) is 27.7 Å². The Kier molecular flexibility index (Phi) is 3.60. The second-order valence-corrected chi connectivity index (χ2v) is 5.85. The maximum Gasteiger partial charge on any atom is 0.0446 e. The molecule has 2 aromatic rings. The molecular formula is C18H22N2. The molecule has 104 valence electrons. The fourth-order valence-corrected chi connectivity index (χ4v) is 3.11. The number of rotatable bonds is 4. The van der Waals surface area contributed by atoms with Gasteiger partial charge in [0.2, 0.25) is 0 Å². The monoisotopic (exact) mass is 266 g/mol. The van der Waals surface area contributed by atoms with E-state index >= 15 is 0 Å². The van der Waals surface area contributed by atoms with E-state index in [-0.39, 0.29) is 0 Å². The number of hydrogen-bond acceptors (Lipinski definition) is 2. The van der Waals surface area contributed by atoms with Gasteiger partial charge in [0.05, 0.1) is 0 Å². The van der Waals surface area contributed by atoms with Crippen LogP contribution in [0.5, 0.6) is 0 Å². The molecule has 2 aromatic carbocycles. The number of nitrogens with zero attached hydrogens (tertiary/aromatic N) is 1. The van der Waals surface area contributed by atoms with E-state index in [2.05, 4.69) is 66.8 Å². The molecule has 0 heterocycles. The molecule has 20 heavy (non-hydrogen) atoms. The molecular weight excluding hydrogens is 244 g/mol. The van der Waals surface area contributed by atoms with Crippen LogP contribution in [0.3, 0.4) is 0 Å². The first-order valence-corrected chi connectivity index (χ1v) is 7.22. The van der Waals surface area contributed by atoms with Crippen molar-refractivity contribution in [2.45, 2.75) is 12.5 Å². The molecule has 1 aliphatic rings. The summed E-state index contributed by atoms with van der Waals surface area (Å²) in [7, 11) is 6.28. The van der Waals surface area contributed by atoms with Crippen LogP contribution in [0, 0.1) is 0 Å². The normalized spacial score (nSPS) is 14.2. The van der Waals surface area contributed by atoms with Crippen LogP contribution in [0.25, 0.3) is 11.1 Å². The first-order valence-electron chi connectivity index (χ1n) is 7.22. The predicted molar refractivity (Wildman–Crippen MR) is 85.0 cm³/mol. The van der Waals surface area contributed by atoms with Crippen LogP contribution in [0.2, 0.25) is 0 Å². The third-order valence-electron chi connectivity index (χ3n) is 4.12. The molecule has 0 radical (unpaired) electrons. The molecule has 0 fully saturated rings. The first kappa shape index (κ1) is 13.3. The minimum absolute atomic E-state index is 0.388. The molecule has 0 bridgehead atoms. The molecule has 3 rings (SSSR count). The summed E-state index contributed by atoms with van der Waals surface area (Å²) in [5.74, 6) is 0. The third-order valence-corrected chi connectivity index (χ3v) is 4.12. The molecule has 1 N–H and O–H groups in total. The van der Waals surface area contributed by atoms with Gasteiger partial charge in [0.15, 0.2) is 0 Å². The SMILES string of the molecule is CNC(CN(C)C)c1ccc2c(c1)Cc1ccccc1-2. The largest absolute Gasteiger partial charge is 0.312 e. The standard InChI is InChI=1S/C18H22N2/c1-19-18(12-20(2)3)14-8-9-17-15(11-14)10-13-6-4-5-7-16(13)17/h4-9,11,18-19H,10,12H2,1-3H3. The van der Waals surface area contributed by atoms with Crippen molar-refractivity contribution in [3.05, 3.63) is 59.2 Å². The molecule has 2 nitrogen and oxygen atoms in total. The van der Waals surface area contributed by atoms with Crippen LogP contribution in [0.1, 0.15) is 22.7 Å². The molecule has 0 saturated heterocycles. The Bertz CT molecular complexity index is 617. The van der Waals surface area contributed by atoms with Gasteiger partial charge in [0, 0.05) is 12.6 Å². The topological polar surface area (TPSA) is 15.3 Å². The van der Waals surface area contributed by atoms with Crippen LogP contribution < -0.4 is 5.32 Å². The highest BCUT2D eigenvalue weighted by Gasteiger charge is 2.19. The Morgan fingerprint density at radius 3 is 2.55 bits per heavy atom. The number of nitrogens with one attached hydrogen (secondary N) is 1. The lowest BCUT2D eigenvalue weighted by atomic mass is 9.99. The molecule has 0 aliphatic heterocycles. The Balaban J connectivity index is 1.94. The quantitative estimate of drug-likeness (QED) is 0.780. The highest BCUT2D eigenvalue weighted by Crippen LogP contribution is 2.37. The van der Waals surface area contributed by atoms with Crippen molar-refractivity contribution >= 4 is 0 Å². The zero-order valence-corrected chi connectivity index (χ0v) is 12.5. The van der Waals surface area contributed by atoms with Crippen LogP contribution in [0.4, 0.5) is 0 Å². The zero-order chi connectivity index (χ0) is 14.1. The average Bonchev–Trinajstić information content (AvgIpc) is 2.82. The fourth-order valence-electron chi connectivity index (χ4n) is 3.11. The molecule has 2 heteroatoms. The summed E-state index contributed by atoms with van der Waals surface area (Å²) < 4.78 is 0. The summed E-state index contributed by atoms with van der Waals surface area (Å²) in [5.41, 5.74) is 7.11. The zero-order valence-electron chi connectivity index (χ0n) is 12.5. The van der Waals surface area contributed by atoms with Gasteiger partial charge in [-0.15, -0.1) is 0 Å². The number of hydrogen-bond donors (Lipinski definition) is 1. The van der Waals surface area contributed by atoms with Crippen molar-refractivity contribution in [3.8, 4) is 11.1 Å². The van der Waals surface area contributed by atoms with Gasteiger partial charge < -0.3 is 10.2 Å². The fraction of sp³-hybridized carbons (Fsp3) is 0.333. The third kappa shape index (κ3) is 2.37. The van der Waals surface area contributed by atoms with E-state index in [1.54, 1.807) is 0 Å². The van der Waals surface area contributed by atoms with E-state index in [4.69, 9.17) is 0 Å². The van der Waals surface area contributed by atoms with Gasteiger partial charge in [0.25, 0.3) is 0 Å². The summed E-state index contributed by atoms with van der Waals surface area (Å²) >= 11 is 0. The molecule has 0 amide bonds. The summed E-state index contributed by atoms with van der Waals surface area (Å²) in [6, 6.07) is 16.1. The maximum absolute atomic E-state index is 3.42. The van der Waals surface area contributed by atoms with Crippen LogP contribution >= 0.6 is 0 Å². The molecule has 0 spiro atoms. The lowest BCUT2D eigenvalue weighted by Gasteiger charge is -2.21.